The van der Waals surface area contributed by atoms with Crippen LogP contribution >= 0.6 is 0 Å². The summed E-state index contributed by atoms with van der Waals surface area (Å²) in [5.41, 5.74) is 3.18. The molecule has 2 aromatic carbocycles. The van der Waals surface area contributed by atoms with E-state index in [0.717, 1.165) is 22.3 Å². The standard InChI is InChI=1S/C21H23NO3/c1-14-9-10-18(11-15(14)2)24-13-21(23)22(4)16(3)20-12-17-7-5-6-8-19(17)25-20/h5-12,16H,13H2,1-4H3. The lowest BCUT2D eigenvalue weighted by atomic mass is 10.1. The number of fused-ring (bicyclic) bond motifs is 1. The summed E-state index contributed by atoms with van der Waals surface area (Å²) < 4.78 is 11.5. The van der Waals surface area contributed by atoms with Gasteiger partial charge >= 0.3 is 0 Å². The van der Waals surface area contributed by atoms with Gasteiger partial charge in [0.25, 0.3) is 5.91 Å². The Morgan fingerprint density at radius 1 is 1.12 bits per heavy atom. The van der Waals surface area contributed by atoms with Crippen LogP contribution in [0.2, 0.25) is 0 Å². The van der Waals surface area contributed by atoms with Crippen molar-refractivity contribution in [2.24, 2.45) is 0 Å². The Hall–Kier alpha value is -2.75. The Labute approximate surface area is 148 Å². The summed E-state index contributed by atoms with van der Waals surface area (Å²) in [5, 5.41) is 1.04. The number of amides is 1. The van der Waals surface area contributed by atoms with Gasteiger partial charge in [0.2, 0.25) is 0 Å². The second-order valence-corrected chi connectivity index (χ2v) is 6.40. The quantitative estimate of drug-likeness (QED) is 0.681. The molecule has 0 aliphatic heterocycles. The molecule has 0 fully saturated rings. The van der Waals surface area contributed by atoms with Gasteiger partial charge in [0.1, 0.15) is 17.1 Å². The summed E-state index contributed by atoms with van der Waals surface area (Å²) in [5.74, 6) is 1.38. The first kappa shape index (κ1) is 17.1. The third-order valence-electron chi connectivity index (χ3n) is 4.67. The van der Waals surface area contributed by atoms with E-state index in [0.29, 0.717) is 5.75 Å². The molecule has 25 heavy (non-hydrogen) atoms. The molecule has 0 saturated heterocycles. The number of rotatable bonds is 5. The molecule has 4 nitrogen and oxygen atoms in total. The molecule has 0 radical (unpaired) electrons. The number of nitrogens with zero attached hydrogens (tertiary/aromatic N) is 1. The number of carbonyl (C=O) groups excluding carboxylic acids is 1. The second-order valence-electron chi connectivity index (χ2n) is 6.40. The fourth-order valence-corrected chi connectivity index (χ4v) is 2.67. The summed E-state index contributed by atoms with van der Waals surface area (Å²) in [6.07, 6.45) is 0. The molecule has 1 atom stereocenters. The first-order valence-electron chi connectivity index (χ1n) is 8.40. The zero-order valence-corrected chi connectivity index (χ0v) is 15.1. The first-order chi connectivity index (χ1) is 12.0. The second kappa shape index (κ2) is 7.01. The molecule has 3 aromatic rings. The van der Waals surface area contributed by atoms with Gasteiger partial charge in [-0.25, -0.2) is 0 Å². The van der Waals surface area contributed by atoms with Gasteiger partial charge < -0.3 is 14.1 Å². The Bertz CT molecular complexity index is 864. The van der Waals surface area contributed by atoms with Gasteiger partial charge in [0.15, 0.2) is 6.61 Å². The highest BCUT2D eigenvalue weighted by molar-refractivity contribution is 5.79. The third-order valence-corrected chi connectivity index (χ3v) is 4.67. The molecule has 1 heterocycles. The summed E-state index contributed by atoms with van der Waals surface area (Å²) in [4.78, 5) is 14.1. The van der Waals surface area contributed by atoms with Crippen LogP contribution in [0, 0.1) is 13.8 Å². The Morgan fingerprint density at radius 3 is 2.60 bits per heavy atom. The van der Waals surface area contributed by atoms with Crippen LogP contribution in [0.5, 0.6) is 5.75 Å². The van der Waals surface area contributed by atoms with Crippen LogP contribution in [0.15, 0.2) is 52.9 Å². The summed E-state index contributed by atoms with van der Waals surface area (Å²) in [7, 11) is 1.77. The highest BCUT2D eigenvalue weighted by atomic mass is 16.5. The number of ether oxygens (including phenoxy) is 1. The Morgan fingerprint density at radius 2 is 1.88 bits per heavy atom. The highest BCUT2D eigenvalue weighted by Crippen LogP contribution is 2.26. The minimum absolute atomic E-state index is 0.00354. The largest absolute Gasteiger partial charge is 0.484 e. The Kier molecular flexibility index (Phi) is 4.79. The molecule has 130 valence electrons. The third kappa shape index (κ3) is 3.68. The van der Waals surface area contributed by atoms with Gasteiger partial charge in [0, 0.05) is 12.4 Å². The number of aryl methyl sites for hydroxylation is 2. The molecule has 0 aliphatic rings. The summed E-state index contributed by atoms with van der Waals surface area (Å²) >= 11 is 0. The number of likely N-dealkylation sites (N-methyl/N-ethyl adjacent to an activating group) is 1. The lowest BCUT2D eigenvalue weighted by Gasteiger charge is -2.23. The lowest BCUT2D eigenvalue weighted by Crippen LogP contribution is -2.33. The van der Waals surface area contributed by atoms with Crippen LogP contribution in [-0.2, 0) is 4.79 Å². The SMILES string of the molecule is Cc1ccc(OCC(=O)N(C)C(C)c2cc3ccccc3o2)cc1C. The van der Waals surface area contributed by atoms with E-state index >= 15 is 0 Å². The van der Waals surface area contributed by atoms with Crippen LogP contribution in [0.3, 0.4) is 0 Å². The number of hydrogen-bond donors (Lipinski definition) is 0. The Balaban J connectivity index is 1.65. The minimum atomic E-state index is -0.164. The van der Waals surface area contributed by atoms with E-state index in [4.69, 9.17) is 9.15 Å². The molecule has 0 N–H and O–H groups in total. The van der Waals surface area contributed by atoms with Crippen molar-refractivity contribution >= 4 is 16.9 Å². The van der Waals surface area contributed by atoms with Crippen LogP contribution < -0.4 is 4.74 Å². The van der Waals surface area contributed by atoms with Crippen molar-refractivity contribution in [2.45, 2.75) is 26.8 Å². The number of furan rings is 1. The normalized spacial score (nSPS) is 12.2. The fraction of sp³-hybridized carbons (Fsp3) is 0.286. The van der Waals surface area contributed by atoms with Gasteiger partial charge in [-0.15, -0.1) is 0 Å². The van der Waals surface area contributed by atoms with Crippen molar-refractivity contribution in [1.82, 2.24) is 4.90 Å². The number of carbonyl (C=O) groups is 1. The molecule has 0 spiro atoms. The number of para-hydroxylation sites is 1. The zero-order chi connectivity index (χ0) is 18.0. The molecule has 0 bridgehead atoms. The molecule has 3 rings (SSSR count). The highest BCUT2D eigenvalue weighted by Gasteiger charge is 2.21. The minimum Gasteiger partial charge on any atom is -0.484 e. The van der Waals surface area contributed by atoms with Crippen molar-refractivity contribution in [3.05, 3.63) is 65.4 Å². The molecule has 1 aromatic heterocycles. The van der Waals surface area contributed by atoms with E-state index in [9.17, 15) is 4.79 Å². The van der Waals surface area contributed by atoms with E-state index in [1.165, 1.54) is 5.56 Å². The smallest absolute Gasteiger partial charge is 0.260 e. The number of benzene rings is 2. The average molecular weight is 337 g/mol. The summed E-state index contributed by atoms with van der Waals surface area (Å²) in [6.45, 7) is 6.03. The van der Waals surface area contributed by atoms with Crippen molar-refractivity contribution in [1.29, 1.82) is 0 Å². The van der Waals surface area contributed by atoms with Crippen molar-refractivity contribution in [2.75, 3.05) is 13.7 Å². The van der Waals surface area contributed by atoms with E-state index in [1.807, 2.05) is 69.3 Å². The molecule has 4 heteroatoms. The summed E-state index contributed by atoms with van der Waals surface area (Å²) in [6, 6.07) is 15.5. The average Bonchev–Trinajstić information content (AvgIpc) is 3.05. The lowest BCUT2D eigenvalue weighted by molar-refractivity contribution is -0.134. The van der Waals surface area contributed by atoms with Crippen LogP contribution in [-0.4, -0.2) is 24.5 Å². The van der Waals surface area contributed by atoms with Crippen molar-refractivity contribution in [3.8, 4) is 5.75 Å². The maximum Gasteiger partial charge on any atom is 0.260 e. The maximum absolute atomic E-state index is 12.5. The van der Waals surface area contributed by atoms with E-state index in [-0.39, 0.29) is 18.6 Å². The van der Waals surface area contributed by atoms with Gasteiger partial charge in [-0.2, -0.15) is 0 Å². The van der Waals surface area contributed by atoms with Gasteiger partial charge in [0.05, 0.1) is 6.04 Å². The van der Waals surface area contributed by atoms with Gasteiger partial charge in [-0.3, -0.25) is 4.79 Å². The van der Waals surface area contributed by atoms with E-state index in [1.54, 1.807) is 11.9 Å². The fourth-order valence-electron chi connectivity index (χ4n) is 2.67. The molecular formula is C21H23NO3. The van der Waals surface area contributed by atoms with Crippen molar-refractivity contribution < 1.29 is 13.9 Å². The molecule has 0 saturated carbocycles. The number of hydrogen-bond acceptors (Lipinski definition) is 3. The van der Waals surface area contributed by atoms with Gasteiger partial charge in [-0.1, -0.05) is 24.3 Å². The van der Waals surface area contributed by atoms with Crippen LogP contribution in [0.25, 0.3) is 11.0 Å². The maximum atomic E-state index is 12.5. The predicted octanol–water partition coefficient (Wildman–Crippen LogP) is 4.65. The molecule has 0 aliphatic carbocycles. The topological polar surface area (TPSA) is 42.7 Å². The monoisotopic (exact) mass is 337 g/mol. The van der Waals surface area contributed by atoms with E-state index in [2.05, 4.69) is 0 Å². The van der Waals surface area contributed by atoms with Gasteiger partial charge in [-0.05, 0) is 56.2 Å². The molecular weight excluding hydrogens is 314 g/mol. The van der Waals surface area contributed by atoms with E-state index < -0.39 is 0 Å². The van der Waals surface area contributed by atoms with Crippen LogP contribution in [0.1, 0.15) is 29.9 Å². The first-order valence-corrected chi connectivity index (χ1v) is 8.40. The zero-order valence-electron chi connectivity index (χ0n) is 15.1. The van der Waals surface area contributed by atoms with Crippen LogP contribution in [0.4, 0.5) is 0 Å². The van der Waals surface area contributed by atoms with Crippen molar-refractivity contribution in [3.63, 3.8) is 0 Å². The molecule has 1 unspecified atom stereocenters. The molecule has 1 amide bonds. The predicted molar refractivity (Wildman–Crippen MR) is 98.8 cm³/mol.